The number of nitrogens with zero attached hydrogens (tertiary/aromatic N) is 3. The van der Waals surface area contributed by atoms with Gasteiger partial charge in [0.15, 0.2) is 5.82 Å². The molecular formula is C6H8N6S. The summed E-state index contributed by atoms with van der Waals surface area (Å²) in [6.45, 7) is 0.439. The van der Waals surface area contributed by atoms with Crippen LogP contribution in [0.3, 0.4) is 0 Å². The number of aromatic amines is 1. The van der Waals surface area contributed by atoms with Crippen molar-refractivity contribution in [3.05, 3.63) is 10.4 Å². The molecule has 0 radical (unpaired) electrons. The molecule has 7 heteroatoms. The summed E-state index contributed by atoms with van der Waals surface area (Å²) in [5.74, 6) is 0.797. The maximum atomic E-state index is 5.42. The van der Waals surface area contributed by atoms with Crippen LogP contribution in [-0.4, -0.2) is 20.2 Å². The summed E-state index contributed by atoms with van der Waals surface area (Å²) in [6, 6.07) is 0. The smallest absolute Gasteiger partial charge is 0.239 e. The molecular weight excluding hydrogens is 188 g/mol. The highest BCUT2D eigenvalue weighted by molar-refractivity contribution is 7.09. The van der Waals surface area contributed by atoms with E-state index in [1.807, 2.05) is 5.38 Å². The first-order valence-electron chi connectivity index (χ1n) is 3.62. The van der Waals surface area contributed by atoms with Gasteiger partial charge in [-0.05, 0) is 0 Å². The Kier molecular flexibility index (Phi) is 1.95. The number of H-pyrrole nitrogens is 1. The van der Waals surface area contributed by atoms with Gasteiger partial charge in [0, 0.05) is 11.9 Å². The largest absolute Gasteiger partial charge is 0.366 e. The van der Waals surface area contributed by atoms with Crippen LogP contribution in [0, 0.1) is 0 Å². The molecule has 2 aromatic heterocycles. The van der Waals surface area contributed by atoms with Crippen LogP contribution in [0.1, 0.15) is 5.01 Å². The molecule has 6 nitrogen and oxygen atoms in total. The SMILES string of the molecule is NCc1nc(-c2nc(N)n[nH]2)cs1. The van der Waals surface area contributed by atoms with E-state index >= 15 is 0 Å². The second kappa shape index (κ2) is 3.11. The Morgan fingerprint density at radius 1 is 1.46 bits per heavy atom. The number of nitrogen functional groups attached to an aromatic ring is 1. The zero-order valence-electron chi connectivity index (χ0n) is 6.69. The average Bonchev–Trinajstić information content (AvgIpc) is 2.71. The highest BCUT2D eigenvalue weighted by Gasteiger charge is 2.06. The quantitative estimate of drug-likeness (QED) is 0.625. The van der Waals surface area contributed by atoms with Crippen molar-refractivity contribution < 1.29 is 0 Å². The average molecular weight is 196 g/mol. The normalized spacial score (nSPS) is 10.5. The molecule has 0 aliphatic carbocycles. The topological polar surface area (TPSA) is 106 Å². The zero-order valence-corrected chi connectivity index (χ0v) is 7.51. The summed E-state index contributed by atoms with van der Waals surface area (Å²) in [4.78, 5) is 8.16. The summed E-state index contributed by atoms with van der Waals surface area (Å²) < 4.78 is 0. The molecule has 0 aromatic carbocycles. The Morgan fingerprint density at radius 3 is 2.85 bits per heavy atom. The molecule has 13 heavy (non-hydrogen) atoms. The Hall–Kier alpha value is -1.47. The first-order valence-corrected chi connectivity index (χ1v) is 4.50. The van der Waals surface area contributed by atoms with Gasteiger partial charge in [-0.1, -0.05) is 0 Å². The van der Waals surface area contributed by atoms with Gasteiger partial charge in [-0.3, -0.25) is 5.10 Å². The van der Waals surface area contributed by atoms with Crippen molar-refractivity contribution in [3.63, 3.8) is 0 Å². The lowest BCUT2D eigenvalue weighted by atomic mass is 10.5. The Bertz CT molecular complexity index is 405. The van der Waals surface area contributed by atoms with E-state index in [2.05, 4.69) is 20.2 Å². The van der Waals surface area contributed by atoms with Gasteiger partial charge in [0.2, 0.25) is 5.95 Å². The highest BCUT2D eigenvalue weighted by Crippen LogP contribution is 2.17. The third-order valence-electron chi connectivity index (χ3n) is 1.47. The molecule has 0 aliphatic heterocycles. The molecule has 0 amide bonds. The van der Waals surface area contributed by atoms with Crippen molar-refractivity contribution in [1.82, 2.24) is 20.2 Å². The maximum absolute atomic E-state index is 5.42. The summed E-state index contributed by atoms with van der Waals surface area (Å²) in [6.07, 6.45) is 0. The summed E-state index contributed by atoms with van der Waals surface area (Å²) in [5, 5.41) is 9.11. The Labute approximate surface area is 78.0 Å². The molecule has 68 valence electrons. The van der Waals surface area contributed by atoms with Crippen molar-refractivity contribution >= 4 is 17.3 Å². The second-order valence-corrected chi connectivity index (χ2v) is 3.32. The molecule has 5 N–H and O–H groups in total. The molecule has 2 rings (SSSR count). The monoisotopic (exact) mass is 196 g/mol. The fraction of sp³-hybridized carbons (Fsp3) is 0.167. The van der Waals surface area contributed by atoms with E-state index in [-0.39, 0.29) is 5.95 Å². The van der Waals surface area contributed by atoms with Gasteiger partial charge in [-0.25, -0.2) is 4.98 Å². The molecule has 2 heterocycles. The minimum Gasteiger partial charge on any atom is -0.366 e. The molecule has 0 fully saturated rings. The summed E-state index contributed by atoms with van der Waals surface area (Å²) in [7, 11) is 0. The van der Waals surface area contributed by atoms with Crippen LogP contribution in [0.4, 0.5) is 5.95 Å². The van der Waals surface area contributed by atoms with Gasteiger partial charge in [-0.2, -0.15) is 4.98 Å². The number of thiazole rings is 1. The predicted molar refractivity (Wildman–Crippen MR) is 49.8 cm³/mol. The number of hydrogen-bond donors (Lipinski definition) is 3. The van der Waals surface area contributed by atoms with Gasteiger partial charge in [0.25, 0.3) is 0 Å². The summed E-state index contributed by atoms with van der Waals surface area (Å²) in [5.41, 5.74) is 11.5. The van der Waals surface area contributed by atoms with Crippen molar-refractivity contribution in [2.45, 2.75) is 6.54 Å². The number of hydrogen-bond acceptors (Lipinski definition) is 6. The van der Waals surface area contributed by atoms with Crippen LogP contribution < -0.4 is 11.5 Å². The van der Waals surface area contributed by atoms with E-state index in [0.29, 0.717) is 12.4 Å². The third kappa shape index (κ3) is 1.51. The maximum Gasteiger partial charge on any atom is 0.239 e. The lowest BCUT2D eigenvalue weighted by Crippen LogP contribution is -1.94. The van der Waals surface area contributed by atoms with E-state index in [9.17, 15) is 0 Å². The molecule has 0 saturated heterocycles. The van der Waals surface area contributed by atoms with Gasteiger partial charge in [0.05, 0.1) is 0 Å². The summed E-state index contributed by atoms with van der Waals surface area (Å²) >= 11 is 1.49. The molecule has 0 bridgehead atoms. The molecule has 2 aromatic rings. The van der Waals surface area contributed by atoms with Gasteiger partial charge in [-0.15, -0.1) is 16.4 Å². The molecule has 0 spiro atoms. The number of nitrogens with one attached hydrogen (secondary N) is 1. The van der Waals surface area contributed by atoms with Gasteiger partial charge in [0.1, 0.15) is 10.7 Å². The molecule has 0 unspecified atom stereocenters. The van der Waals surface area contributed by atoms with E-state index in [0.717, 1.165) is 10.7 Å². The lowest BCUT2D eigenvalue weighted by molar-refractivity contribution is 1.03. The van der Waals surface area contributed by atoms with Crippen molar-refractivity contribution in [2.75, 3.05) is 5.73 Å². The highest BCUT2D eigenvalue weighted by atomic mass is 32.1. The molecule has 0 atom stereocenters. The van der Waals surface area contributed by atoms with Gasteiger partial charge < -0.3 is 11.5 Å². The fourth-order valence-electron chi connectivity index (χ4n) is 0.903. The second-order valence-electron chi connectivity index (χ2n) is 2.37. The number of aromatic nitrogens is 4. The Balaban J connectivity index is 2.35. The van der Waals surface area contributed by atoms with Crippen molar-refractivity contribution in [3.8, 4) is 11.5 Å². The van der Waals surface area contributed by atoms with Crippen LogP contribution in [0.2, 0.25) is 0 Å². The van der Waals surface area contributed by atoms with Crippen molar-refractivity contribution in [1.29, 1.82) is 0 Å². The van der Waals surface area contributed by atoms with Crippen molar-refractivity contribution in [2.24, 2.45) is 5.73 Å². The van der Waals surface area contributed by atoms with Gasteiger partial charge >= 0.3 is 0 Å². The first-order chi connectivity index (χ1) is 6.29. The minimum absolute atomic E-state index is 0.220. The first kappa shape index (κ1) is 8.14. The van der Waals surface area contributed by atoms with Crippen LogP contribution in [-0.2, 0) is 6.54 Å². The molecule has 0 saturated carbocycles. The number of nitrogens with two attached hydrogens (primary N) is 2. The molecule has 0 aliphatic rings. The minimum atomic E-state index is 0.220. The standard InChI is InChI=1S/C6H8N6S/c7-1-4-9-3(2-13-4)5-10-6(8)12-11-5/h2H,1,7H2,(H3,8,10,11,12). The zero-order chi connectivity index (χ0) is 9.26. The lowest BCUT2D eigenvalue weighted by Gasteiger charge is -1.85. The Morgan fingerprint density at radius 2 is 2.31 bits per heavy atom. The van der Waals surface area contributed by atoms with E-state index in [4.69, 9.17) is 11.5 Å². The predicted octanol–water partition coefficient (Wildman–Crippen LogP) is -0.0309. The van der Waals surface area contributed by atoms with Crippen LogP contribution in [0.5, 0.6) is 0 Å². The fourth-order valence-corrected chi connectivity index (χ4v) is 1.56. The van der Waals surface area contributed by atoms with Crippen LogP contribution >= 0.6 is 11.3 Å². The van der Waals surface area contributed by atoms with Crippen LogP contribution in [0.15, 0.2) is 5.38 Å². The van der Waals surface area contributed by atoms with E-state index in [1.54, 1.807) is 0 Å². The van der Waals surface area contributed by atoms with E-state index in [1.165, 1.54) is 11.3 Å². The number of anilines is 1. The van der Waals surface area contributed by atoms with Crippen LogP contribution in [0.25, 0.3) is 11.5 Å². The number of rotatable bonds is 2. The van der Waals surface area contributed by atoms with E-state index < -0.39 is 0 Å². The third-order valence-corrected chi connectivity index (χ3v) is 2.34.